The van der Waals surface area contributed by atoms with E-state index in [0.717, 1.165) is 12.0 Å². The normalized spacial score (nSPS) is 10.0. The standard InChI is InChI=1S/C15H23N3O3S/c1-11-6-7-12(10-13(11)21-4)14(19)17-18(2)15(22)16-8-5-9-20-3/h6-7,10H,5,8-9H2,1-4H3,(H,16,22)(H,17,19). The Bertz CT molecular complexity index is 523. The molecule has 2 N–H and O–H groups in total. The molecule has 0 aliphatic rings. The molecule has 0 saturated carbocycles. The first-order valence-electron chi connectivity index (χ1n) is 6.95. The van der Waals surface area contributed by atoms with Crippen molar-refractivity contribution in [1.29, 1.82) is 0 Å². The van der Waals surface area contributed by atoms with E-state index in [1.165, 1.54) is 5.01 Å². The van der Waals surface area contributed by atoms with E-state index in [-0.39, 0.29) is 5.91 Å². The van der Waals surface area contributed by atoms with Gasteiger partial charge in [-0.2, -0.15) is 0 Å². The smallest absolute Gasteiger partial charge is 0.269 e. The van der Waals surface area contributed by atoms with Gasteiger partial charge in [-0.1, -0.05) is 6.07 Å². The summed E-state index contributed by atoms with van der Waals surface area (Å²) in [5, 5.41) is 4.97. The van der Waals surface area contributed by atoms with Crippen LogP contribution in [0, 0.1) is 6.92 Å². The molecule has 0 aliphatic heterocycles. The number of hydrogen-bond donors (Lipinski definition) is 2. The SMILES string of the molecule is COCCCNC(=S)N(C)NC(=O)c1ccc(C)c(OC)c1. The molecular weight excluding hydrogens is 302 g/mol. The summed E-state index contributed by atoms with van der Waals surface area (Å²) in [5.41, 5.74) is 4.20. The number of carbonyl (C=O) groups excluding carboxylic acids is 1. The fraction of sp³-hybridized carbons (Fsp3) is 0.467. The van der Waals surface area contributed by atoms with Crippen LogP contribution in [0.5, 0.6) is 5.75 Å². The molecule has 0 aliphatic carbocycles. The molecule has 1 rings (SSSR count). The Morgan fingerprint density at radius 1 is 1.36 bits per heavy atom. The van der Waals surface area contributed by atoms with Gasteiger partial charge in [-0.15, -0.1) is 0 Å². The number of ether oxygens (including phenoxy) is 2. The molecule has 0 heterocycles. The summed E-state index contributed by atoms with van der Waals surface area (Å²) < 4.78 is 10.2. The second-order valence-corrected chi connectivity index (χ2v) is 5.15. The Labute approximate surface area is 136 Å². The molecule has 1 aromatic carbocycles. The Morgan fingerprint density at radius 2 is 2.09 bits per heavy atom. The maximum Gasteiger partial charge on any atom is 0.269 e. The summed E-state index contributed by atoms with van der Waals surface area (Å²) in [6.07, 6.45) is 0.841. The van der Waals surface area contributed by atoms with Crippen LogP contribution in [0.2, 0.25) is 0 Å². The second-order valence-electron chi connectivity index (χ2n) is 4.76. The maximum absolute atomic E-state index is 12.2. The molecule has 0 atom stereocenters. The Balaban J connectivity index is 2.54. The van der Waals surface area contributed by atoms with E-state index in [1.807, 2.05) is 13.0 Å². The minimum Gasteiger partial charge on any atom is -0.496 e. The first-order chi connectivity index (χ1) is 10.5. The number of aryl methyl sites for hydroxylation is 1. The van der Waals surface area contributed by atoms with E-state index < -0.39 is 0 Å². The third kappa shape index (κ3) is 5.50. The minimum absolute atomic E-state index is 0.248. The van der Waals surface area contributed by atoms with Gasteiger partial charge >= 0.3 is 0 Å². The molecule has 0 fully saturated rings. The van der Waals surface area contributed by atoms with Crippen LogP contribution in [0.4, 0.5) is 0 Å². The third-order valence-electron chi connectivity index (χ3n) is 3.05. The third-order valence-corrected chi connectivity index (χ3v) is 3.46. The minimum atomic E-state index is -0.248. The van der Waals surface area contributed by atoms with E-state index in [2.05, 4.69) is 10.7 Å². The number of hydrazine groups is 1. The van der Waals surface area contributed by atoms with Gasteiger partial charge in [0.25, 0.3) is 5.91 Å². The lowest BCUT2D eigenvalue weighted by molar-refractivity contribution is 0.0886. The van der Waals surface area contributed by atoms with Crippen molar-refractivity contribution in [1.82, 2.24) is 15.8 Å². The monoisotopic (exact) mass is 325 g/mol. The highest BCUT2D eigenvalue weighted by Crippen LogP contribution is 2.18. The summed E-state index contributed by atoms with van der Waals surface area (Å²) in [4.78, 5) is 12.2. The number of rotatable bonds is 6. The lowest BCUT2D eigenvalue weighted by atomic mass is 10.1. The number of methoxy groups -OCH3 is 2. The zero-order chi connectivity index (χ0) is 16.5. The van der Waals surface area contributed by atoms with Gasteiger partial charge in [-0.3, -0.25) is 15.2 Å². The van der Waals surface area contributed by atoms with Crippen molar-refractivity contribution in [2.75, 3.05) is 34.4 Å². The summed E-state index contributed by atoms with van der Waals surface area (Å²) in [6.45, 7) is 3.27. The molecule has 0 bridgehead atoms. The van der Waals surface area contributed by atoms with Crippen LogP contribution < -0.4 is 15.5 Å². The van der Waals surface area contributed by atoms with Crippen LogP contribution in [0.1, 0.15) is 22.3 Å². The van der Waals surface area contributed by atoms with Crippen LogP contribution in [0.15, 0.2) is 18.2 Å². The highest BCUT2D eigenvalue weighted by Gasteiger charge is 2.12. The van der Waals surface area contributed by atoms with Gasteiger partial charge in [0.15, 0.2) is 5.11 Å². The summed E-state index contributed by atoms with van der Waals surface area (Å²) in [6, 6.07) is 5.29. The second kappa shape index (κ2) is 9.22. The average Bonchev–Trinajstić information content (AvgIpc) is 2.51. The maximum atomic E-state index is 12.2. The lowest BCUT2D eigenvalue weighted by Gasteiger charge is -2.22. The van der Waals surface area contributed by atoms with Crippen molar-refractivity contribution in [2.24, 2.45) is 0 Å². The van der Waals surface area contributed by atoms with Crippen LogP contribution in [0.25, 0.3) is 0 Å². The van der Waals surface area contributed by atoms with Crippen molar-refractivity contribution >= 4 is 23.2 Å². The predicted octanol–water partition coefficient (Wildman–Crippen LogP) is 1.49. The van der Waals surface area contributed by atoms with E-state index >= 15 is 0 Å². The number of amides is 1. The van der Waals surface area contributed by atoms with Gasteiger partial charge in [-0.05, 0) is 43.3 Å². The van der Waals surface area contributed by atoms with Crippen molar-refractivity contribution in [2.45, 2.75) is 13.3 Å². The molecule has 6 nitrogen and oxygen atoms in total. The molecule has 0 unspecified atom stereocenters. The largest absolute Gasteiger partial charge is 0.496 e. The quantitative estimate of drug-likeness (QED) is 0.469. The van der Waals surface area contributed by atoms with E-state index in [9.17, 15) is 4.79 Å². The molecule has 0 radical (unpaired) electrons. The first kappa shape index (κ1) is 18.2. The Hall–Kier alpha value is -1.86. The zero-order valence-electron chi connectivity index (χ0n) is 13.4. The fourth-order valence-electron chi connectivity index (χ4n) is 1.76. The molecular formula is C15H23N3O3S. The van der Waals surface area contributed by atoms with Gasteiger partial charge in [0, 0.05) is 32.9 Å². The van der Waals surface area contributed by atoms with Gasteiger partial charge in [0.05, 0.1) is 7.11 Å². The van der Waals surface area contributed by atoms with E-state index in [0.29, 0.717) is 29.6 Å². The van der Waals surface area contributed by atoms with Crippen LogP contribution in [-0.4, -0.2) is 50.4 Å². The van der Waals surface area contributed by atoms with Gasteiger partial charge < -0.3 is 14.8 Å². The van der Waals surface area contributed by atoms with Crippen LogP contribution in [-0.2, 0) is 4.74 Å². The van der Waals surface area contributed by atoms with Crippen molar-refractivity contribution in [3.63, 3.8) is 0 Å². The number of nitrogens with zero attached hydrogens (tertiary/aromatic N) is 1. The summed E-state index contributed by atoms with van der Waals surface area (Å²) >= 11 is 5.20. The molecule has 1 aromatic rings. The highest BCUT2D eigenvalue weighted by molar-refractivity contribution is 7.80. The van der Waals surface area contributed by atoms with Gasteiger partial charge in [0.1, 0.15) is 5.75 Å². The van der Waals surface area contributed by atoms with Crippen molar-refractivity contribution in [3.05, 3.63) is 29.3 Å². The number of nitrogens with one attached hydrogen (secondary N) is 2. The number of benzene rings is 1. The summed E-state index contributed by atoms with van der Waals surface area (Å²) in [5.74, 6) is 0.428. The molecule has 7 heteroatoms. The van der Waals surface area contributed by atoms with Gasteiger partial charge in [-0.25, -0.2) is 0 Å². The molecule has 0 saturated heterocycles. The first-order valence-corrected chi connectivity index (χ1v) is 7.36. The highest BCUT2D eigenvalue weighted by atomic mass is 32.1. The molecule has 1 amide bonds. The molecule has 22 heavy (non-hydrogen) atoms. The Kier molecular flexibility index (Phi) is 7.62. The van der Waals surface area contributed by atoms with Crippen molar-refractivity contribution < 1.29 is 14.3 Å². The zero-order valence-corrected chi connectivity index (χ0v) is 14.3. The number of carbonyl (C=O) groups is 1. The lowest BCUT2D eigenvalue weighted by Crippen LogP contribution is -2.48. The Morgan fingerprint density at radius 3 is 2.73 bits per heavy atom. The fourth-order valence-corrected chi connectivity index (χ4v) is 1.91. The molecule has 122 valence electrons. The number of thiocarbonyl (C=S) groups is 1. The topological polar surface area (TPSA) is 62.8 Å². The molecule has 0 aromatic heterocycles. The van der Waals surface area contributed by atoms with Crippen molar-refractivity contribution in [3.8, 4) is 5.75 Å². The van der Waals surface area contributed by atoms with E-state index in [4.69, 9.17) is 21.7 Å². The van der Waals surface area contributed by atoms with Gasteiger partial charge in [0.2, 0.25) is 0 Å². The van der Waals surface area contributed by atoms with Crippen LogP contribution >= 0.6 is 12.2 Å². The average molecular weight is 325 g/mol. The molecule has 0 spiro atoms. The number of hydrogen-bond acceptors (Lipinski definition) is 4. The van der Waals surface area contributed by atoms with Crippen LogP contribution in [0.3, 0.4) is 0 Å². The van der Waals surface area contributed by atoms with E-state index in [1.54, 1.807) is 33.4 Å². The predicted molar refractivity (Wildman–Crippen MR) is 90.1 cm³/mol. The summed E-state index contributed by atoms with van der Waals surface area (Å²) in [7, 11) is 4.92.